The molecule has 0 saturated carbocycles. The molecule has 0 aliphatic rings. The molecule has 0 aliphatic carbocycles. The van der Waals surface area contributed by atoms with Gasteiger partial charge >= 0.3 is 0 Å². The van der Waals surface area contributed by atoms with Gasteiger partial charge in [0.2, 0.25) is 0 Å². The molecule has 0 amide bonds. The molecule has 0 unspecified atom stereocenters. The van der Waals surface area contributed by atoms with Gasteiger partial charge in [-0.2, -0.15) is 0 Å². The van der Waals surface area contributed by atoms with Crippen molar-refractivity contribution in [2.45, 2.75) is 26.9 Å². The fraction of sp³-hybridized carbons (Fsp3) is 0.174. The van der Waals surface area contributed by atoms with Crippen LogP contribution in [0.4, 0.5) is 5.69 Å². The highest BCUT2D eigenvalue weighted by Gasteiger charge is 2.10. The second kappa shape index (κ2) is 7.04. The number of hydrogen-bond donors (Lipinski definition) is 1. The first-order valence-electron chi connectivity index (χ1n) is 8.96. The molecule has 0 radical (unpaired) electrons. The number of aromatic nitrogens is 2. The smallest absolute Gasteiger partial charge is 0.0931 e. The fourth-order valence-electron chi connectivity index (χ4n) is 3.19. The highest BCUT2D eigenvalue weighted by Crippen LogP contribution is 2.24. The first kappa shape index (κ1) is 16.4. The molecule has 1 heterocycles. The first-order chi connectivity index (χ1) is 12.7. The van der Waals surface area contributed by atoms with E-state index < -0.39 is 0 Å². The standard InChI is InChI=1S/C23H23N3/c1-17-3-7-19(8-4-17)14-26(15-20-9-5-18(2)6-10-20)21-11-12-22-23(13-21)25-16-24-22/h3-13,16H,14-15H2,1-2H3,(H,24,25). The van der Waals surface area contributed by atoms with E-state index in [0.717, 1.165) is 24.1 Å². The van der Waals surface area contributed by atoms with Gasteiger partial charge in [-0.15, -0.1) is 0 Å². The largest absolute Gasteiger partial charge is 0.363 e. The van der Waals surface area contributed by atoms with E-state index in [2.05, 4.69) is 95.4 Å². The summed E-state index contributed by atoms with van der Waals surface area (Å²) in [6, 6.07) is 24.0. The highest BCUT2D eigenvalue weighted by atomic mass is 15.1. The van der Waals surface area contributed by atoms with Crippen LogP contribution in [0.15, 0.2) is 73.1 Å². The van der Waals surface area contributed by atoms with Gasteiger partial charge in [-0.3, -0.25) is 0 Å². The van der Waals surface area contributed by atoms with Crippen molar-refractivity contribution in [2.24, 2.45) is 0 Å². The van der Waals surface area contributed by atoms with Crippen LogP contribution in [0.1, 0.15) is 22.3 Å². The van der Waals surface area contributed by atoms with E-state index in [1.54, 1.807) is 6.33 Å². The number of aromatic amines is 1. The zero-order valence-electron chi connectivity index (χ0n) is 15.2. The first-order valence-corrected chi connectivity index (χ1v) is 8.96. The Labute approximate surface area is 154 Å². The van der Waals surface area contributed by atoms with E-state index in [9.17, 15) is 0 Å². The minimum absolute atomic E-state index is 0.869. The Bertz CT molecular complexity index is 950. The summed E-state index contributed by atoms with van der Waals surface area (Å²) in [4.78, 5) is 9.96. The predicted molar refractivity (Wildman–Crippen MR) is 108 cm³/mol. The lowest BCUT2D eigenvalue weighted by molar-refractivity contribution is 0.800. The third-order valence-corrected chi connectivity index (χ3v) is 4.76. The maximum Gasteiger partial charge on any atom is 0.0931 e. The number of nitrogens with one attached hydrogen (secondary N) is 1. The van der Waals surface area contributed by atoms with E-state index in [1.807, 2.05) is 0 Å². The van der Waals surface area contributed by atoms with E-state index in [1.165, 1.54) is 27.9 Å². The zero-order valence-corrected chi connectivity index (χ0v) is 15.2. The molecule has 0 aliphatic heterocycles. The number of H-pyrrole nitrogens is 1. The van der Waals surface area contributed by atoms with Crippen LogP contribution in [-0.2, 0) is 13.1 Å². The van der Waals surface area contributed by atoms with Crippen molar-refractivity contribution in [3.8, 4) is 0 Å². The Morgan fingerprint density at radius 2 is 1.35 bits per heavy atom. The maximum absolute atomic E-state index is 4.33. The molecule has 1 N–H and O–H groups in total. The minimum Gasteiger partial charge on any atom is -0.363 e. The third-order valence-electron chi connectivity index (χ3n) is 4.76. The molecule has 0 fully saturated rings. The summed E-state index contributed by atoms with van der Waals surface area (Å²) >= 11 is 0. The summed E-state index contributed by atoms with van der Waals surface area (Å²) in [6.07, 6.45) is 1.75. The fourth-order valence-corrected chi connectivity index (χ4v) is 3.19. The zero-order chi connectivity index (χ0) is 17.9. The molecule has 3 heteroatoms. The van der Waals surface area contributed by atoms with Crippen molar-refractivity contribution in [2.75, 3.05) is 4.90 Å². The van der Waals surface area contributed by atoms with Gasteiger partial charge in [-0.05, 0) is 43.2 Å². The Hall–Kier alpha value is -3.07. The molecule has 0 atom stereocenters. The lowest BCUT2D eigenvalue weighted by atomic mass is 10.1. The van der Waals surface area contributed by atoms with Gasteiger partial charge in [0.1, 0.15) is 0 Å². The molecular weight excluding hydrogens is 318 g/mol. The number of fused-ring (bicyclic) bond motifs is 1. The highest BCUT2D eigenvalue weighted by molar-refractivity contribution is 5.79. The summed E-state index contributed by atoms with van der Waals surface area (Å²) in [7, 11) is 0. The normalized spacial score (nSPS) is 11.0. The van der Waals surface area contributed by atoms with Gasteiger partial charge in [-0.1, -0.05) is 59.7 Å². The number of aryl methyl sites for hydroxylation is 2. The summed E-state index contributed by atoms with van der Waals surface area (Å²) in [6.45, 7) is 5.99. The predicted octanol–water partition coefficient (Wildman–Crippen LogP) is 5.39. The second-order valence-corrected chi connectivity index (χ2v) is 6.93. The molecule has 4 aromatic rings. The topological polar surface area (TPSA) is 31.9 Å². The average molecular weight is 341 g/mol. The number of rotatable bonds is 5. The van der Waals surface area contributed by atoms with Crippen molar-refractivity contribution < 1.29 is 0 Å². The maximum atomic E-state index is 4.33. The minimum atomic E-state index is 0.869. The molecule has 26 heavy (non-hydrogen) atoms. The molecule has 0 spiro atoms. The lowest BCUT2D eigenvalue weighted by Crippen LogP contribution is -2.22. The van der Waals surface area contributed by atoms with Crippen LogP contribution in [0.25, 0.3) is 11.0 Å². The van der Waals surface area contributed by atoms with Gasteiger partial charge in [0.05, 0.1) is 17.4 Å². The second-order valence-electron chi connectivity index (χ2n) is 6.93. The molecule has 130 valence electrons. The van der Waals surface area contributed by atoms with Crippen LogP contribution >= 0.6 is 0 Å². The van der Waals surface area contributed by atoms with Crippen molar-refractivity contribution in [1.82, 2.24) is 9.97 Å². The van der Waals surface area contributed by atoms with Crippen LogP contribution in [0.3, 0.4) is 0 Å². The van der Waals surface area contributed by atoms with Gasteiger partial charge in [-0.25, -0.2) is 4.98 Å². The summed E-state index contributed by atoms with van der Waals surface area (Å²) in [5.74, 6) is 0. The Morgan fingerprint density at radius 3 is 1.92 bits per heavy atom. The van der Waals surface area contributed by atoms with E-state index in [-0.39, 0.29) is 0 Å². The Morgan fingerprint density at radius 1 is 0.769 bits per heavy atom. The molecular formula is C23H23N3. The van der Waals surface area contributed by atoms with Crippen molar-refractivity contribution in [1.29, 1.82) is 0 Å². The number of hydrogen-bond acceptors (Lipinski definition) is 2. The number of nitrogens with zero attached hydrogens (tertiary/aromatic N) is 2. The summed E-state index contributed by atoms with van der Waals surface area (Å²) in [5, 5.41) is 0. The van der Waals surface area contributed by atoms with E-state index in [4.69, 9.17) is 0 Å². The SMILES string of the molecule is Cc1ccc(CN(Cc2ccc(C)cc2)c2ccc3nc[nH]c3c2)cc1. The number of imidazole rings is 1. The Kier molecular flexibility index (Phi) is 4.44. The van der Waals surface area contributed by atoms with Gasteiger partial charge in [0.15, 0.2) is 0 Å². The molecule has 4 rings (SSSR count). The third kappa shape index (κ3) is 3.62. The van der Waals surface area contributed by atoms with Crippen LogP contribution < -0.4 is 4.90 Å². The van der Waals surface area contributed by atoms with Gasteiger partial charge in [0, 0.05) is 18.8 Å². The van der Waals surface area contributed by atoms with Gasteiger partial charge in [0.25, 0.3) is 0 Å². The van der Waals surface area contributed by atoms with Crippen LogP contribution in [-0.4, -0.2) is 9.97 Å². The van der Waals surface area contributed by atoms with Crippen molar-refractivity contribution in [3.63, 3.8) is 0 Å². The quantitative estimate of drug-likeness (QED) is 0.528. The molecule has 3 aromatic carbocycles. The molecule has 0 saturated heterocycles. The average Bonchev–Trinajstić information content (AvgIpc) is 3.12. The van der Waals surface area contributed by atoms with Crippen LogP contribution in [0, 0.1) is 13.8 Å². The van der Waals surface area contributed by atoms with Crippen molar-refractivity contribution in [3.05, 3.63) is 95.3 Å². The molecule has 0 bridgehead atoms. The molecule has 1 aromatic heterocycles. The Balaban J connectivity index is 1.67. The van der Waals surface area contributed by atoms with Gasteiger partial charge < -0.3 is 9.88 Å². The number of benzene rings is 3. The summed E-state index contributed by atoms with van der Waals surface area (Å²) < 4.78 is 0. The van der Waals surface area contributed by atoms with Crippen molar-refractivity contribution >= 4 is 16.7 Å². The van der Waals surface area contributed by atoms with E-state index in [0.29, 0.717) is 0 Å². The van der Waals surface area contributed by atoms with E-state index >= 15 is 0 Å². The lowest BCUT2D eigenvalue weighted by Gasteiger charge is -2.25. The monoisotopic (exact) mass is 341 g/mol. The number of anilines is 1. The van der Waals surface area contributed by atoms with Crippen LogP contribution in [0.5, 0.6) is 0 Å². The van der Waals surface area contributed by atoms with Crippen LogP contribution in [0.2, 0.25) is 0 Å². The molecule has 3 nitrogen and oxygen atoms in total. The summed E-state index contributed by atoms with van der Waals surface area (Å²) in [5.41, 5.74) is 8.47.